The second-order valence-electron chi connectivity index (χ2n) is 27.5. The van der Waals surface area contributed by atoms with E-state index in [4.69, 9.17) is 35.2 Å². The first-order chi connectivity index (χ1) is 53.2. The molecule has 7 aromatic rings. The number of nitrogen functional groups attached to an aromatic ring is 2. The number of hydrogen-bond acceptors (Lipinski definition) is 26. The number of likely N-dealkylation sites (N-methyl/N-ethyl adjacent to an activating group) is 2. The fourth-order valence-electron chi connectivity index (χ4n) is 13.9. The minimum absolute atomic E-state index is 0.0212. The number of alkyl halides is 2. The molecule has 2 unspecified atom stereocenters. The van der Waals surface area contributed by atoms with Gasteiger partial charge in [0.15, 0.2) is 23.0 Å². The molecule has 588 valence electrons. The highest BCUT2D eigenvalue weighted by molar-refractivity contribution is 8.76. The molecule has 111 heavy (non-hydrogen) atoms. The van der Waals surface area contributed by atoms with Gasteiger partial charge in [0.2, 0.25) is 29.7 Å². The number of allylic oxidation sites excluding steroid dienone is 6. The number of nitrogens with two attached hydrogens (primary N) is 2. The van der Waals surface area contributed by atoms with Gasteiger partial charge in [-0.15, -0.1) is 5.10 Å². The molecule has 10 N–H and O–H groups in total. The summed E-state index contributed by atoms with van der Waals surface area (Å²) in [7, 11) is 2.71. The number of aliphatic hydroxyl groups excluding tert-OH is 1. The number of nitrogens with one attached hydrogen (secondary N) is 3. The van der Waals surface area contributed by atoms with Crippen LogP contribution in [0.25, 0.3) is 11.2 Å². The maximum absolute atomic E-state index is 15.0. The van der Waals surface area contributed by atoms with Gasteiger partial charge in [0.05, 0.1) is 48.5 Å². The minimum atomic E-state index is -3.94. The Morgan fingerprint density at radius 1 is 0.874 bits per heavy atom. The number of halogens is 2. The summed E-state index contributed by atoms with van der Waals surface area (Å²) in [4.78, 5) is 102. The van der Waals surface area contributed by atoms with Gasteiger partial charge in [-0.05, 0) is 107 Å². The van der Waals surface area contributed by atoms with E-state index in [-0.39, 0.29) is 97.4 Å². The molecule has 1 saturated heterocycles. The maximum atomic E-state index is 15.0. The predicted molar refractivity (Wildman–Crippen MR) is 412 cm³/mol. The van der Waals surface area contributed by atoms with Crippen molar-refractivity contribution in [1.82, 2.24) is 60.0 Å². The second kappa shape index (κ2) is 35.9. The third-order valence-electron chi connectivity index (χ3n) is 19.4. The molecule has 4 aliphatic rings. The highest BCUT2D eigenvalue weighted by atomic mass is 33.1. The number of rotatable bonds is 33. The molecule has 7 heterocycles. The molecule has 11 rings (SSSR count). The number of amides is 3. The van der Waals surface area contributed by atoms with Crippen molar-refractivity contribution < 1.29 is 76.3 Å². The number of carbonyl (C=O) groups excluding carboxylic acids is 4. The first kappa shape index (κ1) is 81.1. The van der Waals surface area contributed by atoms with Crippen molar-refractivity contribution in [2.45, 2.75) is 148 Å². The van der Waals surface area contributed by atoms with Crippen molar-refractivity contribution in [3.05, 3.63) is 183 Å². The van der Waals surface area contributed by atoms with Crippen molar-refractivity contribution in [1.29, 1.82) is 0 Å². The van der Waals surface area contributed by atoms with Crippen LogP contribution in [0.3, 0.4) is 0 Å². The molecule has 1 aliphatic carbocycles. The van der Waals surface area contributed by atoms with E-state index in [1.54, 1.807) is 27.9 Å². The maximum Gasteiger partial charge on any atom is 0.508 e. The molecule has 0 spiro atoms. The molecular weight excluding hydrogens is 1480 g/mol. The van der Waals surface area contributed by atoms with Gasteiger partial charge in [0.25, 0.3) is 5.91 Å². The lowest BCUT2D eigenvalue weighted by Crippen LogP contribution is -2.42. The van der Waals surface area contributed by atoms with Crippen molar-refractivity contribution >= 4 is 97.3 Å². The van der Waals surface area contributed by atoms with Crippen LogP contribution in [0.4, 0.5) is 47.2 Å². The summed E-state index contributed by atoms with van der Waals surface area (Å²) in [5.74, 6) is -6.38. The number of hydrogen-bond donors (Lipinski definition) is 8. The number of nitrogens with zero attached hydrogens (tertiary/aromatic N) is 12. The van der Waals surface area contributed by atoms with Gasteiger partial charge in [-0.25, -0.2) is 29.1 Å². The SMILES string of the molecule is CCN(C(=O)OCCSSCCOC(=O)OC[C@H]1O[C@@H](n2ccc(N)nc2=O)C(F)(F)[C@H]1O)C1=C(/C=C/C2=[N+](CC)c3ccccc3C2(C)C)CC(OCc2cn(CCCNC(=O)CCC(NC(=O)c3ccc(NCc4cnc5nc(N)nc(O)c5n4)cc3)C(=O)O)nn2)C/C1=C\C=C1\N(CC)c2ccccc2C1(C)C. The van der Waals surface area contributed by atoms with E-state index in [1.807, 2.05) is 31.2 Å². The Labute approximate surface area is 646 Å². The standard InChI is InChI=1S/C76H89F2N17O14S2/c1-8-92-55-18-13-11-16-52(55)74(4,5)58(92)27-22-46-38-51(107-43-50-42-91(90-89-50)32-15-31-81-61(96)29-26-54(68(100)101)85-66(98)45-20-24-48(25-21-45)82-40-49-41-83-65-62(84-49)67(99)88-70(80)87-65)39-47(23-28-59-75(6,7)53-17-12-14-19-56(53)93(59)9-2)63(46)94(10-3)72(103)105-34-36-110-111-37-35-106-73(104)108-44-57-64(97)76(77,78)69(109-57)95-33-30-60(79)86-71(95)102/h11-14,16-25,27-28,30,33,41-42,51,54,57,64,69,97H,8-10,15,26,29,31-32,34-40,43-44H2,1-7H3,(H8-,79,80,81,82,83,85,86,87,88,96,98,99,100,101,102)/p+1/t54?,57-,64+,69-/m1/s1. The lowest BCUT2D eigenvalue weighted by atomic mass is 9.80. The molecule has 5 atom stereocenters. The number of aryl methyl sites for hydroxylation is 1. The highest BCUT2D eigenvalue weighted by Crippen LogP contribution is 2.49. The van der Waals surface area contributed by atoms with Gasteiger partial charge < -0.3 is 71.3 Å². The quantitative estimate of drug-likeness (QED) is 0.00822. The Morgan fingerprint density at radius 2 is 1.61 bits per heavy atom. The number of aromatic hydroxyl groups is 1. The van der Waals surface area contributed by atoms with Crippen molar-refractivity contribution in [3.63, 3.8) is 0 Å². The number of carboxylic acids is 1. The summed E-state index contributed by atoms with van der Waals surface area (Å²) < 4.78 is 62.8. The van der Waals surface area contributed by atoms with Crippen LogP contribution < -0.4 is 38.0 Å². The first-order valence-electron chi connectivity index (χ1n) is 36.3. The number of benzene rings is 3. The monoisotopic (exact) mass is 1570 g/mol. The van der Waals surface area contributed by atoms with E-state index in [9.17, 15) is 44.1 Å². The summed E-state index contributed by atoms with van der Waals surface area (Å²) >= 11 is 0. The minimum Gasteiger partial charge on any atom is -0.492 e. The second-order valence-corrected chi connectivity index (χ2v) is 30.2. The third-order valence-corrected chi connectivity index (χ3v) is 21.7. The lowest BCUT2D eigenvalue weighted by molar-refractivity contribution is -0.433. The number of carbonyl (C=O) groups is 5. The van der Waals surface area contributed by atoms with Crippen LogP contribution in [-0.4, -0.2) is 193 Å². The number of aliphatic hydroxyl groups is 1. The largest absolute Gasteiger partial charge is 0.508 e. The Bertz CT molecular complexity index is 4820. The number of para-hydroxylation sites is 2. The summed E-state index contributed by atoms with van der Waals surface area (Å²) in [6.45, 7) is 16.6. The van der Waals surface area contributed by atoms with Gasteiger partial charge in [0.1, 0.15) is 50.0 Å². The number of anilines is 4. The van der Waals surface area contributed by atoms with Crippen LogP contribution in [0, 0.1) is 0 Å². The molecule has 31 nitrogen and oxygen atoms in total. The van der Waals surface area contributed by atoms with E-state index in [0.717, 1.165) is 46.2 Å². The van der Waals surface area contributed by atoms with Crippen molar-refractivity contribution in [3.8, 4) is 5.88 Å². The zero-order valence-corrected chi connectivity index (χ0v) is 64.0. The Morgan fingerprint density at radius 3 is 2.34 bits per heavy atom. The number of aliphatic carboxylic acids is 1. The van der Waals surface area contributed by atoms with Crippen molar-refractivity contribution in [2.75, 3.05) is 79.2 Å². The number of ether oxygens (including phenoxy) is 5. The van der Waals surface area contributed by atoms with E-state index in [1.165, 1.54) is 51.0 Å². The molecule has 3 aromatic carbocycles. The third kappa shape index (κ3) is 18.9. The smallest absolute Gasteiger partial charge is 0.492 e. The van der Waals surface area contributed by atoms with Gasteiger partial charge in [-0.3, -0.25) is 23.7 Å². The van der Waals surface area contributed by atoms with Gasteiger partial charge in [0, 0.05) is 109 Å². The zero-order valence-electron chi connectivity index (χ0n) is 62.4. The number of fused-ring (bicyclic) bond motifs is 3. The normalized spacial score (nSPS) is 19.2. The van der Waals surface area contributed by atoms with Gasteiger partial charge in [-0.1, -0.05) is 89.2 Å². The fourth-order valence-corrected chi connectivity index (χ4v) is 15.5. The number of aromatic nitrogens is 9. The summed E-state index contributed by atoms with van der Waals surface area (Å²) in [5, 5.41) is 47.8. The fraction of sp³-hybridized carbons (Fsp3) is 0.421. The van der Waals surface area contributed by atoms with Crippen LogP contribution >= 0.6 is 21.6 Å². The highest BCUT2D eigenvalue weighted by Gasteiger charge is 2.60. The molecule has 35 heteroatoms. The molecular formula is C76H90F2N17O14S2+. The zero-order chi connectivity index (χ0) is 79.3. The molecule has 3 aliphatic heterocycles. The molecule has 4 aromatic heterocycles. The van der Waals surface area contributed by atoms with Crippen molar-refractivity contribution in [2.24, 2.45) is 0 Å². The molecule has 1 fully saturated rings. The summed E-state index contributed by atoms with van der Waals surface area (Å²) in [6.07, 6.45) is 5.10. The lowest BCUT2D eigenvalue weighted by Gasteiger charge is -2.34. The molecule has 0 radical (unpaired) electrons. The Balaban J connectivity index is 0.713. The number of carboxylic acid groups (broad SMARTS) is 1. The molecule has 0 bridgehead atoms. The molecule has 0 saturated carbocycles. The van der Waals surface area contributed by atoms with Crippen LogP contribution in [-0.2, 0) is 63.8 Å². The van der Waals surface area contributed by atoms with Gasteiger partial charge >= 0.3 is 29.8 Å². The van der Waals surface area contributed by atoms with E-state index in [2.05, 4.69) is 151 Å². The Kier molecular flexibility index (Phi) is 26.2. The average Bonchev–Trinajstić information content (AvgIpc) is 1.57. The van der Waals surface area contributed by atoms with E-state index < -0.39 is 84.7 Å². The van der Waals surface area contributed by atoms with E-state index in [0.29, 0.717) is 72.0 Å². The topological polar surface area (TPSA) is 407 Å². The average molecular weight is 1570 g/mol. The molecule has 3 amide bonds. The van der Waals surface area contributed by atoms with E-state index >= 15 is 8.78 Å². The predicted octanol–water partition coefficient (Wildman–Crippen LogP) is 9.02. The summed E-state index contributed by atoms with van der Waals surface area (Å²) in [6, 6.07) is 22.8. The van der Waals surface area contributed by atoms with Crippen LogP contribution in [0.2, 0.25) is 0 Å². The summed E-state index contributed by atoms with van der Waals surface area (Å²) in [5.41, 5.74) is 20.4. The first-order valence-corrected chi connectivity index (χ1v) is 38.8. The van der Waals surface area contributed by atoms with Crippen LogP contribution in [0.5, 0.6) is 5.88 Å². The van der Waals surface area contributed by atoms with Crippen LogP contribution in [0.1, 0.15) is 120 Å². The Hall–Kier alpha value is -10.9. The van der Waals surface area contributed by atoms with Crippen LogP contribution in [0.15, 0.2) is 149 Å². The van der Waals surface area contributed by atoms with Gasteiger partial charge in [-0.2, -0.15) is 28.3 Å².